The van der Waals surface area contributed by atoms with Gasteiger partial charge in [0.2, 0.25) is 0 Å². The van der Waals surface area contributed by atoms with Gasteiger partial charge in [-0.25, -0.2) is 4.79 Å². The van der Waals surface area contributed by atoms with Crippen molar-refractivity contribution in [2.75, 3.05) is 10.6 Å². The van der Waals surface area contributed by atoms with Crippen LogP contribution >= 0.6 is 11.6 Å². The molecule has 2 aromatic rings. The number of carbonyl (C=O) groups excluding carboxylic acids is 2. The van der Waals surface area contributed by atoms with E-state index in [0.717, 1.165) is 5.56 Å². The lowest BCUT2D eigenvalue weighted by molar-refractivity contribution is 0.0635. The molecule has 0 unspecified atom stereocenters. The van der Waals surface area contributed by atoms with Gasteiger partial charge in [-0.05, 0) is 63.6 Å². The van der Waals surface area contributed by atoms with Gasteiger partial charge < -0.3 is 10.1 Å². The van der Waals surface area contributed by atoms with Crippen molar-refractivity contribution >= 4 is 35.0 Å². The van der Waals surface area contributed by atoms with Gasteiger partial charge in [-0.3, -0.25) is 10.1 Å². The molecule has 5 nitrogen and oxygen atoms in total. The van der Waals surface area contributed by atoms with E-state index in [2.05, 4.69) is 10.6 Å². The van der Waals surface area contributed by atoms with Crippen molar-refractivity contribution in [2.24, 2.45) is 0 Å². The van der Waals surface area contributed by atoms with Crippen LogP contribution in [0.25, 0.3) is 0 Å². The minimum Gasteiger partial charge on any atom is -0.444 e. The monoisotopic (exact) mass is 360 g/mol. The number of carbonyl (C=O) groups is 2. The standard InChI is InChI=1S/C19H21ClN2O3/c1-12-8-9-15(11-16(12)20)21-17(23)13-6-5-7-14(10-13)22-18(24)25-19(2,3)4/h5-11H,1-4H3,(H,21,23)(H,22,24). The second kappa shape index (κ2) is 7.57. The molecule has 0 fully saturated rings. The summed E-state index contributed by atoms with van der Waals surface area (Å²) in [7, 11) is 0. The number of rotatable bonds is 3. The SMILES string of the molecule is Cc1ccc(NC(=O)c2cccc(NC(=O)OC(C)(C)C)c2)cc1Cl. The summed E-state index contributed by atoms with van der Waals surface area (Å²) in [5, 5.41) is 5.97. The highest BCUT2D eigenvalue weighted by Crippen LogP contribution is 2.21. The second-order valence-electron chi connectivity index (χ2n) is 6.63. The zero-order chi connectivity index (χ0) is 18.6. The number of hydrogen-bond donors (Lipinski definition) is 2. The maximum absolute atomic E-state index is 12.4. The fraction of sp³-hybridized carbons (Fsp3) is 0.263. The smallest absolute Gasteiger partial charge is 0.412 e. The molecule has 0 aliphatic rings. The molecule has 132 valence electrons. The molecule has 0 bridgehead atoms. The van der Waals surface area contributed by atoms with Gasteiger partial charge in [-0.2, -0.15) is 0 Å². The molecule has 0 atom stereocenters. The van der Waals surface area contributed by atoms with E-state index in [-0.39, 0.29) is 5.91 Å². The van der Waals surface area contributed by atoms with Crippen LogP contribution in [-0.2, 0) is 4.74 Å². The number of nitrogens with one attached hydrogen (secondary N) is 2. The van der Waals surface area contributed by atoms with Gasteiger partial charge >= 0.3 is 6.09 Å². The van der Waals surface area contributed by atoms with Crippen molar-refractivity contribution in [3.05, 3.63) is 58.6 Å². The number of ether oxygens (including phenoxy) is 1. The number of hydrogen-bond acceptors (Lipinski definition) is 3. The number of amides is 2. The van der Waals surface area contributed by atoms with Gasteiger partial charge in [0.1, 0.15) is 5.60 Å². The van der Waals surface area contributed by atoms with Gasteiger partial charge in [-0.1, -0.05) is 23.7 Å². The van der Waals surface area contributed by atoms with Crippen molar-refractivity contribution in [1.29, 1.82) is 0 Å². The Kier molecular flexibility index (Phi) is 5.69. The van der Waals surface area contributed by atoms with Crippen LogP contribution in [0.15, 0.2) is 42.5 Å². The molecule has 0 aliphatic carbocycles. The molecule has 0 saturated carbocycles. The van der Waals surface area contributed by atoms with Gasteiger partial charge in [0.25, 0.3) is 5.91 Å². The third kappa shape index (κ3) is 5.80. The maximum atomic E-state index is 12.4. The predicted molar refractivity (Wildman–Crippen MR) is 100 cm³/mol. The predicted octanol–water partition coefficient (Wildman–Crippen LogP) is 5.25. The topological polar surface area (TPSA) is 67.4 Å². The Bertz CT molecular complexity index is 797. The fourth-order valence-electron chi connectivity index (χ4n) is 2.03. The normalized spacial score (nSPS) is 10.9. The molecule has 0 aliphatic heterocycles. The highest BCUT2D eigenvalue weighted by atomic mass is 35.5. The first-order valence-electron chi connectivity index (χ1n) is 7.81. The fourth-order valence-corrected chi connectivity index (χ4v) is 2.21. The molecule has 6 heteroatoms. The van der Waals surface area contributed by atoms with E-state index in [4.69, 9.17) is 16.3 Å². The zero-order valence-electron chi connectivity index (χ0n) is 14.6. The number of benzene rings is 2. The van der Waals surface area contributed by atoms with Crippen molar-refractivity contribution in [1.82, 2.24) is 0 Å². The van der Waals surface area contributed by atoms with Crippen LogP contribution in [-0.4, -0.2) is 17.6 Å². The summed E-state index contributed by atoms with van der Waals surface area (Å²) in [4.78, 5) is 24.2. The van der Waals surface area contributed by atoms with Crippen LogP contribution in [0.4, 0.5) is 16.2 Å². The summed E-state index contributed by atoms with van der Waals surface area (Å²) in [5.41, 5.74) is 1.83. The summed E-state index contributed by atoms with van der Waals surface area (Å²) in [6.45, 7) is 7.23. The third-order valence-electron chi connectivity index (χ3n) is 3.20. The first kappa shape index (κ1) is 18.8. The average Bonchev–Trinajstić information content (AvgIpc) is 2.49. The van der Waals surface area contributed by atoms with Gasteiger partial charge in [0, 0.05) is 22.0 Å². The van der Waals surface area contributed by atoms with E-state index in [0.29, 0.717) is 22.0 Å². The van der Waals surface area contributed by atoms with E-state index in [1.807, 2.05) is 13.0 Å². The quantitative estimate of drug-likeness (QED) is 0.785. The van der Waals surface area contributed by atoms with E-state index in [1.54, 1.807) is 57.2 Å². The van der Waals surface area contributed by atoms with Gasteiger partial charge in [-0.15, -0.1) is 0 Å². The Morgan fingerprint density at radius 2 is 1.68 bits per heavy atom. The Labute approximate surface area is 152 Å². The molecule has 2 rings (SSSR count). The van der Waals surface area contributed by atoms with Gasteiger partial charge in [0.15, 0.2) is 0 Å². The van der Waals surface area contributed by atoms with Crippen LogP contribution in [0.2, 0.25) is 5.02 Å². The Morgan fingerprint density at radius 3 is 2.32 bits per heavy atom. The number of aryl methyl sites for hydroxylation is 1. The molecular formula is C19H21ClN2O3. The lowest BCUT2D eigenvalue weighted by Gasteiger charge is -2.19. The number of halogens is 1. The Balaban J connectivity index is 2.08. The van der Waals surface area contributed by atoms with Gasteiger partial charge in [0.05, 0.1) is 0 Å². The first-order chi connectivity index (χ1) is 11.6. The second-order valence-corrected chi connectivity index (χ2v) is 7.03. The van der Waals surface area contributed by atoms with E-state index < -0.39 is 11.7 Å². The summed E-state index contributed by atoms with van der Waals surface area (Å²) < 4.78 is 5.20. The molecule has 0 spiro atoms. The largest absolute Gasteiger partial charge is 0.444 e. The van der Waals surface area contributed by atoms with Crippen LogP contribution < -0.4 is 10.6 Å². The van der Waals surface area contributed by atoms with E-state index in [9.17, 15) is 9.59 Å². The van der Waals surface area contributed by atoms with Crippen LogP contribution in [0.5, 0.6) is 0 Å². The minimum atomic E-state index is -0.593. The molecule has 0 aromatic heterocycles. The molecule has 0 heterocycles. The van der Waals surface area contributed by atoms with Crippen LogP contribution in [0.1, 0.15) is 36.7 Å². The van der Waals surface area contributed by atoms with Crippen LogP contribution in [0, 0.1) is 6.92 Å². The lowest BCUT2D eigenvalue weighted by atomic mass is 10.1. The highest BCUT2D eigenvalue weighted by molar-refractivity contribution is 6.31. The van der Waals surface area contributed by atoms with Crippen molar-refractivity contribution in [3.63, 3.8) is 0 Å². The maximum Gasteiger partial charge on any atom is 0.412 e. The first-order valence-corrected chi connectivity index (χ1v) is 8.19. The highest BCUT2D eigenvalue weighted by Gasteiger charge is 2.16. The molecular weight excluding hydrogens is 340 g/mol. The van der Waals surface area contributed by atoms with Crippen molar-refractivity contribution < 1.29 is 14.3 Å². The molecule has 0 saturated heterocycles. The van der Waals surface area contributed by atoms with Crippen LogP contribution in [0.3, 0.4) is 0 Å². The van der Waals surface area contributed by atoms with E-state index in [1.165, 1.54) is 0 Å². The van der Waals surface area contributed by atoms with E-state index >= 15 is 0 Å². The Hall–Kier alpha value is -2.53. The summed E-state index contributed by atoms with van der Waals surface area (Å²) >= 11 is 6.07. The molecule has 25 heavy (non-hydrogen) atoms. The molecule has 2 amide bonds. The van der Waals surface area contributed by atoms with Crippen molar-refractivity contribution in [2.45, 2.75) is 33.3 Å². The summed E-state index contributed by atoms with van der Waals surface area (Å²) in [6.07, 6.45) is -0.574. The lowest BCUT2D eigenvalue weighted by Crippen LogP contribution is -2.27. The minimum absolute atomic E-state index is 0.298. The zero-order valence-corrected chi connectivity index (χ0v) is 15.4. The molecule has 0 radical (unpaired) electrons. The Morgan fingerprint density at radius 1 is 1.00 bits per heavy atom. The molecule has 2 N–H and O–H groups in total. The van der Waals surface area contributed by atoms with Crippen molar-refractivity contribution in [3.8, 4) is 0 Å². The summed E-state index contributed by atoms with van der Waals surface area (Å²) in [5.74, 6) is -0.298. The molecule has 2 aromatic carbocycles. The third-order valence-corrected chi connectivity index (χ3v) is 3.61. The summed E-state index contributed by atoms with van der Waals surface area (Å²) in [6, 6.07) is 11.9. The average molecular weight is 361 g/mol. The number of anilines is 2.